The van der Waals surface area contributed by atoms with Crippen molar-refractivity contribution in [2.75, 3.05) is 0 Å². The number of alkyl halides is 3. The molecular formula is C11H13F3N2. The van der Waals surface area contributed by atoms with E-state index in [9.17, 15) is 13.2 Å². The van der Waals surface area contributed by atoms with Crippen LogP contribution in [0, 0.1) is 0 Å². The van der Waals surface area contributed by atoms with E-state index < -0.39 is 11.9 Å². The number of nitrogens with zero attached hydrogens (tertiary/aromatic N) is 2. The second kappa shape index (κ2) is 3.73. The molecule has 0 aromatic carbocycles. The lowest BCUT2D eigenvalue weighted by atomic mass is 10.2. The number of pyridine rings is 1. The van der Waals surface area contributed by atoms with Crippen LogP contribution < -0.4 is 0 Å². The molecule has 1 aliphatic heterocycles. The fraction of sp³-hybridized carbons (Fsp3) is 0.545. The quantitative estimate of drug-likeness (QED) is 0.737. The molecule has 16 heavy (non-hydrogen) atoms. The number of hydrogen-bond donors (Lipinski definition) is 0. The minimum absolute atomic E-state index is 0.323. The van der Waals surface area contributed by atoms with Crippen molar-refractivity contribution in [1.29, 1.82) is 0 Å². The molecule has 0 spiro atoms. The summed E-state index contributed by atoms with van der Waals surface area (Å²) in [5, 5.41) is 0. The zero-order chi connectivity index (χ0) is 11.9. The summed E-state index contributed by atoms with van der Waals surface area (Å²) >= 11 is 0. The van der Waals surface area contributed by atoms with Gasteiger partial charge in [0.25, 0.3) is 0 Å². The highest BCUT2D eigenvalue weighted by molar-refractivity contribution is 5.27. The SMILES string of the molecule is CC(C)N1Cc2ccc(C(F)(F)F)nc2C1. The van der Waals surface area contributed by atoms with Gasteiger partial charge in [0, 0.05) is 19.1 Å². The van der Waals surface area contributed by atoms with Gasteiger partial charge in [0.2, 0.25) is 0 Å². The van der Waals surface area contributed by atoms with E-state index >= 15 is 0 Å². The number of halogens is 3. The Labute approximate surface area is 92.1 Å². The summed E-state index contributed by atoms with van der Waals surface area (Å²) in [6.07, 6.45) is -4.35. The van der Waals surface area contributed by atoms with Gasteiger partial charge in [-0.1, -0.05) is 6.07 Å². The van der Waals surface area contributed by atoms with E-state index in [0.717, 1.165) is 11.6 Å². The highest BCUT2D eigenvalue weighted by Crippen LogP contribution is 2.30. The van der Waals surface area contributed by atoms with Crippen LogP contribution in [0.5, 0.6) is 0 Å². The molecule has 0 N–H and O–H groups in total. The molecule has 0 saturated carbocycles. The van der Waals surface area contributed by atoms with Crippen LogP contribution in [-0.2, 0) is 19.3 Å². The van der Waals surface area contributed by atoms with Crippen molar-refractivity contribution in [2.24, 2.45) is 0 Å². The fourth-order valence-corrected chi connectivity index (χ4v) is 1.80. The molecular weight excluding hydrogens is 217 g/mol. The lowest BCUT2D eigenvalue weighted by Crippen LogP contribution is -2.24. The zero-order valence-electron chi connectivity index (χ0n) is 9.17. The molecule has 2 nitrogen and oxygen atoms in total. The van der Waals surface area contributed by atoms with Crippen LogP contribution >= 0.6 is 0 Å². The van der Waals surface area contributed by atoms with E-state index in [1.165, 1.54) is 6.07 Å². The van der Waals surface area contributed by atoms with Crippen LogP contribution in [0.1, 0.15) is 30.8 Å². The molecule has 88 valence electrons. The van der Waals surface area contributed by atoms with Crippen LogP contribution in [-0.4, -0.2) is 15.9 Å². The van der Waals surface area contributed by atoms with Crippen LogP contribution in [0.2, 0.25) is 0 Å². The van der Waals surface area contributed by atoms with E-state index in [2.05, 4.69) is 9.88 Å². The molecule has 2 heterocycles. The Hall–Kier alpha value is -1.10. The molecule has 1 aromatic heterocycles. The monoisotopic (exact) mass is 230 g/mol. The van der Waals surface area contributed by atoms with E-state index in [1.807, 2.05) is 13.8 Å². The summed E-state index contributed by atoms with van der Waals surface area (Å²) in [6, 6.07) is 2.92. The Bertz CT molecular complexity index is 399. The predicted molar refractivity (Wildman–Crippen MR) is 53.6 cm³/mol. The standard InChI is InChI=1S/C11H13F3N2/c1-7(2)16-5-8-3-4-10(11(12,13)14)15-9(8)6-16/h3-4,7H,5-6H2,1-2H3. The Morgan fingerprint density at radius 1 is 1.25 bits per heavy atom. The Balaban J connectivity index is 2.28. The second-order valence-corrected chi connectivity index (χ2v) is 4.30. The molecule has 0 saturated heterocycles. The first kappa shape index (κ1) is 11.4. The van der Waals surface area contributed by atoms with E-state index in [1.54, 1.807) is 0 Å². The Kier molecular flexibility index (Phi) is 2.66. The van der Waals surface area contributed by atoms with Crippen LogP contribution in [0.15, 0.2) is 12.1 Å². The minimum Gasteiger partial charge on any atom is -0.291 e. The Morgan fingerprint density at radius 3 is 2.50 bits per heavy atom. The van der Waals surface area contributed by atoms with Crippen molar-refractivity contribution in [1.82, 2.24) is 9.88 Å². The predicted octanol–water partition coefficient (Wildman–Crippen LogP) is 2.82. The molecule has 0 radical (unpaired) electrons. The number of fused-ring (bicyclic) bond motifs is 1. The smallest absolute Gasteiger partial charge is 0.291 e. The van der Waals surface area contributed by atoms with Crippen LogP contribution in [0.25, 0.3) is 0 Å². The van der Waals surface area contributed by atoms with Crippen molar-refractivity contribution < 1.29 is 13.2 Å². The van der Waals surface area contributed by atoms with E-state index in [4.69, 9.17) is 0 Å². The van der Waals surface area contributed by atoms with Gasteiger partial charge < -0.3 is 0 Å². The average molecular weight is 230 g/mol. The van der Waals surface area contributed by atoms with Crippen molar-refractivity contribution >= 4 is 0 Å². The summed E-state index contributed by atoms with van der Waals surface area (Å²) in [5.41, 5.74) is 0.669. The Morgan fingerprint density at radius 2 is 1.94 bits per heavy atom. The van der Waals surface area contributed by atoms with Crippen molar-refractivity contribution in [3.05, 3.63) is 29.1 Å². The minimum atomic E-state index is -4.35. The van der Waals surface area contributed by atoms with Gasteiger partial charge >= 0.3 is 6.18 Å². The number of hydrogen-bond acceptors (Lipinski definition) is 2. The summed E-state index contributed by atoms with van der Waals surface area (Å²) < 4.78 is 37.3. The highest BCUT2D eigenvalue weighted by atomic mass is 19.4. The molecule has 0 fully saturated rings. The van der Waals surface area contributed by atoms with E-state index in [-0.39, 0.29) is 0 Å². The zero-order valence-corrected chi connectivity index (χ0v) is 9.17. The second-order valence-electron chi connectivity index (χ2n) is 4.30. The normalized spacial score (nSPS) is 16.9. The van der Waals surface area contributed by atoms with Crippen LogP contribution in [0.4, 0.5) is 13.2 Å². The summed E-state index contributed by atoms with van der Waals surface area (Å²) in [7, 11) is 0. The fourth-order valence-electron chi connectivity index (χ4n) is 1.80. The first-order chi connectivity index (χ1) is 7.38. The lowest BCUT2D eigenvalue weighted by molar-refractivity contribution is -0.141. The third kappa shape index (κ3) is 2.04. The first-order valence-corrected chi connectivity index (χ1v) is 5.18. The molecule has 1 aromatic rings. The third-order valence-electron chi connectivity index (χ3n) is 2.82. The third-order valence-corrected chi connectivity index (χ3v) is 2.82. The highest BCUT2D eigenvalue weighted by Gasteiger charge is 2.34. The number of rotatable bonds is 1. The van der Waals surface area contributed by atoms with Gasteiger partial charge in [0.1, 0.15) is 5.69 Å². The molecule has 0 amide bonds. The summed E-state index contributed by atoms with van der Waals surface area (Å²) in [5.74, 6) is 0. The van der Waals surface area contributed by atoms with E-state index in [0.29, 0.717) is 24.8 Å². The summed E-state index contributed by atoms with van der Waals surface area (Å²) in [4.78, 5) is 5.79. The van der Waals surface area contributed by atoms with Gasteiger partial charge in [0.15, 0.2) is 0 Å². The molecule has 1 aliphatic rings. The molecule has 0 atom stereocenters. The van der Waals surface area contributed by atoms with Crippen molar-refractivity contribution in [2.45, 2.75) is 39.2 Å². The molecule has 0 aliphatic carbocycles. The lowest BCUT2D eigenvalue weighted by Gasteiger charge is -2.18. The van der Waals surface area contributed by atoms with Crippen molar-refractivity contribution in [3.8, 4) is 0 Å². The van der Waals surface area contributed by atoms with Gasteiger partial charge in [-0.2, -0.15) is 13.2 Å². The largest absolute Gasteiger partial charge is 0.433 e. The van der Waals surface area contributed by atoms with Gasteiger partial charge in [-0.15, -0.1) is 0 Å². The first-order valence-electron chi connectivity index (χ1n) is 5.18. The van der Waals surface area contributed by atoms with Crippen molar-refractivity contribution in [3.63, 3.8) is 0 Å². The molecule has 2 rings (SSSR count). The van der Waals surface area contributed by atoms with Gasteiger partial charge in [0.05, 0.1) is 5.69 Å². The number of aromatic nitrogens is 1. The molecule has 0 unspecified atom stereocenters. The summed E-state index contributed by atoms with van der Waals surface area (Å²) in [6.45, 7) is 5.25. The maximum atomic E-state index is 12.4. The van der Waals surface area contributed by atoms with Crippen LogP contribution in [0.3, 0.4) is 0 Å². The van der Waals surface area contributed by atoms with Gasteiger partial charge in [-0.05, 0) is 25.5 Å². The molecule has 5 heteroatoms. The average Bonchev–Trinajstić information content (AvgIpc) is 2.58. The maximum Gasteiger partial charge on any atom is 0.433 e. The maximum absolute atomic E-state index is 12.4. The molecule has 0 bridgehead atoms. The van der Waals surface area contributed by atoms with Gasteiger partial charge in [-0.3, -0.25) is 4.90 Å². The topological polar surface area (TPSA) is 16.1 Å². The van der Waals surface area contributed by atoms with Gasteiger partial charge in [-0.25, -0.2) is 4.98 Å².